The van der Waals surface area contributed by atoms with Crippen molar-refractivity contribution in [3.63, 3.8) is 0 Å². The summed E-state index contributed by atoms with van der Waals surface area (Å²) in [5.74, 6) is 0.899. The van der Waals surface area contributed by atoms with Crippen LogP contribution in [0.3, 0.4) is 0 Å². The van der Waals surface area contributed by atoms with E-state index < -0.39 is 6.04 Å². The van der Waals surface area contributed by atoms with Gasteiger partial charge in [0.2, 0.25) is 5.95 Å². The van der Waals surface area contributed by atoms with E-state index in [0.717, 1.165) is 24.3 Å². The van der Waals surface area contributed by atoms with E-state index in [1.807, 2.05) is 18.2 Å². The Morgan fingerprint density at radius 3 is 2.80 bits per heavy atom. The van der Waals surface area contributed by atoms with Gasteiger partial charge in [-0.2, -0.15) is 0 Å². The van der Waals surface area contributed by atoms with Gasteiger partial charge in [0.25, 0.3) is 0 Å². The number of Topliss-reactive ketones (excluding diaryl/α,β-unsaturated/α-hetero) is 1. The summed E-state index contributed by atoms with van der Waals surface area (Å²) in [6.45, 7) is 2.70. The quantitative estimate of drug-likeness (QED) is 0.326. The number of aliphatic imine (C=N–C) groups is 1. The van der Waals surface area contributed by atoms with E-state index >= 15 is 0 Å². The molecule has 0 bridgehead atoms. The smallest absolute Gasteiger partial charge is 0.227 e. The van der Waals surface area contributed by atoms with Gasteiger partial charge in [-0.25, -0.2) is 15.0 Å². The number of aromatic nitrogens is 2. The number of hydrogen-bond acceptors (Lipinski definition) is 10. The van der Waals surface area contributed by atoms with Crippen LogP contribution < -0.4 is 22.1 Å². The first-order valence-corrected chi connectivity index (χ1v) is 11.3. The number of nitrogens with two attached hydrogens (primary N) is 2. The third-order valence-electron chi connectivity index (χ3n) is 5.74. The lowest BCUT2D eigenvalue weighted by molar-refractivity contribution is 0.0665. The molecule has 0 aliphatic carbocycles. The molecule has 3 heterocycles. The van der Waals surface area contributed by atoms with Crippen LogP contribution >= 0.6 is 0 Å². The zero-order chi connectivity index (χ0) is 24.2. The van der Waals surface area contributed by atoms with Crippen LogP contribution in [-0.2, 0) is 4.74 Å². The Kier molecular flexibility index (Phi) is 6.27. The third kappa shape index (κ3) is 5.07. The number of nitrogen functional groups attached to an aromatic ring is 2. The van der Waals surface area contributed by atoms with Crippen LogP contribution in [0.25, 0.3) is 11.3 Å². The monoisotopic (exact) mass is 470 g/mol. The van der Waals surface area contributed by atoms with Crippen LogP contribution in [0.15, 0.2) is 72.0 Å². The van der Waals surface area contributed by atoms with E-state index in [9.17, 15) is 4.79 Å². The van der Waals surface area contributed by atoms with Gasteiger partial charge >= 0.3 is 0 Å². The first-order chi connectivity index (χ1) is 17.1. The molecule has 35 heavy (non-hydrogen) atoms. The van der Waals surface area contributed by atoms with Crippen molar-refractivity contribution in [3.8, 4) is 11.3 Å². The fourth-order valence-electron chi connectivity index (χ4n) is 3.93. The van der Waals surface area contributed by atoms with E-state index in [2.05, 4.69) is 30.5 Å². The summed E-state index contributed by atoms with van der Waals surface area (Å²) >= 11 is 0. The van der Waals surface area contributed by atoms with Crippen LogP contribution in [0.1, 0.15) is 10.4 Å². The Hall–Kier alpha value is -4.44. The van der Waals surface area contributed by atoms with Gasteiger partial charge in [-0.3, -0.25) is 4.79 Å². The summed E-state index contributed by atoms with van der Waals surface area (Å²) in [4.78, 5) is 29.0. The SMILES string of the molecule is Nc1cccc(Nc2nccc(-c3ccc(N)c(C(=O)C4C=CNC(N5CCOCC5)=N4)c3)n2)c1. The molecule has 3 aromatic rings. The van der Waals surface area contributed by atoms with Crippen molar-refractivity contribution in [2.24, 2.45) is 4.99 Å². The summed E-state index contributed by atoms with van der Waals surface area (Å²) < 4.78 is 5.41. The van der Waals surface area contributed by atoms with Crippen LogP contribution in [0.2, 0.25) is 0 Å². The summed E-state index contributed by atoms with van der Waals surface area (Å²) in [6.07, 6.45) is 5.14. The van der Waals surface area contributed by atoms with Gasteiger partial charge in [0.1, 0.15) is 6.04 Å². The lowest BCUT2D eigenvalue weighted by Crippen LogP contribution is -2.47. The average molecular weight is 471 g/mol. The normalized spacial score (nSPS) is 17.4. The molecular weight excluding hydrogens is 444 g/mol. The van der Waals surface area contributed by atoms with Crippen molar-refractivity contribution in [3.05, 3.63) is 72.6 Å². The predicted octanol–water partition coefficient (Wildman–Crippen LogP) is 2.41. The highest BCUT2D eigenvalue weighted by molar-refractivity contribution is 6.07. The largest absolute Gasteiger partial charge is 0.399 e. The second-order valence-corrected chi connectivity index (χ2v) is 8.18. The minimum Gasteiger partial charge on any atom is -0.399 e. The van der Waals surface area contributed by atoms with Gasteiger partial charge in [-0.05, 0) is 42.5 Å². The van der Waals surface area contributed by atoms with Gasteiger partial charge < -0.3 is 31.7 Å². The molecule has 2 aliphatic heterocycles. The highest BCUT2D eigenvalue weighted by Gasteiger charge is 2.25. The molecule has 0 spiro atoms. The third-order valence-corrected chi connectivity index (χ3v) is 5.74. The van der Waals surface area contributed by atoms with E-state index in [4.69, 9.17) is 16.2 Å². The number of morpholine rings is 1. The van der Waals surface area contributed by atoms with Gasteiger partial charge in [-0.15, -0.1) is 0 Å². The van der Waals surface area contributed by atoms with Crippen LogP contribution in [0, 0.1) is 0 Å². The number of guanidine groups is 1. The number of ether oxygens (including phenoxy) is 1. The maximum atomic E-state index is 13.4. The van der Waals surface area contributed by atoms with E-state index in [1.165, 1.54) is 0 Å². The highest BCUT2D eigenvalue weighted by Crippen LogP contribution is 2.26. The number of rotatable bonds is 5. The molecule has 1 aromatic heterocycles. The Morgan fingerprint density at radius 2 is 1.97 bits per heavy atom. The van der Waals surface area contributed by atoms with E-state index in [1.54, 1.807) is 48.8 Å². The number of nitrogens with zero attached hydrogens (tertiary/aromatic N) is 4. The van der Waals surface area contributed by atoms with Gasteiger partial charge in [0.05, 0.1) is 18.9 Å². The van der Waals surface area contributed by atoms with E-state index in [0.29, 0.717) is 47.8 Å². The Bertz CT molecular complexity index is 1300. The van der Waals surface area contributed by atoms with Crippen molar-refractivity contribution >= 4 is 34.8 Å². The van der Waals surface area contributed by atoms with Crippen molar-refractivity contribution in [1.82, 2.24) is 20.2 Å². The second kappa shape index (κ2) is 9.82. The summed E-state index contributed by atoms with van der Waals surface area (Å²) in [7, 11) is 0. The molecule has 1 saturated heterocycles. The maximum absolute atomic E-state index is 13.4. The Morgan fingerprint density at radius 1 is 1.11 bits per heavy atom. The minimum atomic E-state index is -0.669. The number of anilines is 4. The molecular formula is C25H26N8O2. The minimum absolute atomic E-state index is 0.181. The van der Waals surface area contributed by atoms with Gasteiger partial charge in [0, 0.05) is 53.7 Å². The summed E-state index contributed by atoms with van der Waals surface area (Å²) in [5, 5.41) is 6.28. The fourth-order valence-corrected chi connectivity index (χ4v) is 3.93. The standard InChI is InChI=1S/C25H26N8O2/c26-17-2-1-3-18(15-17)30-24-28-8-6-21(31-24)16-4-5-20(27)19(14-16)23(34)22-7-9-29-25(32-22)33-10-12-35-13-11-33/h1-9,14-15,22H,10-13,26-27H2,(H,29,32)(H,28,30,31). The molecule has 10 heteroatoms. The molecule has 10 nitrogen and oxygen atoms in total. The predicted molar refractivity (Wildman–Crippen MR) is 136 cm³/mol. The van der Waals surface area contributed by atoms with Crippen LogP contribution in [0.4, 0.5) is 23.0 Å². The molecule has 6 N–H and O–H groups in total. The molecule has 0 radical (unpaired) electrons. The van der Waals surface area contributed by atoms with Crippen LogP contribution in [0.5, 0.6) is 0 Å². The zero-order valence-electron chi connectivity index (χ0n) is 19.0. The molecule has 1 unspecified atom stereocenters. The topological polar surface area (TPSA) is 144 Å². The van der Waals surface area contributed by atoms with Crippen molar-refractivity contribution < 1.29 is 9.53 Å². The average Bonchev–Trinajstić information content (AvgIpc) is 2.89. The lowest BCUT2D eigenvalue weighted by atomic mass is 9.98. The van der Waals surface area contributed by atoms with Gasteiger partial charge in [0.15, 0.2) is 11.7 Å². The fraction of sp³-hybridized carbons (Fsp3) is 0.200. The summed E-state index contributed by atoms with van der Waals surface area (Å²) in [6, 6.07) is 13.7. The van der Waals surface area contributed by atoms with Crippen molar-refractivity contribution in [1.29, 1.82) is 0 Å². The number of carbonyl (C=O) groups is 1. The first-order valence-electron chi connectivity index (χ1n) is 11.3. The molecule has 2 aliphatic rings. The van der Waals surface area contributed by atoms with Gasteiger partial charge in [-0.1, -0.05) is 12.1 Å². The molecule has 0 amide bonds. The molecule has 1 atom stereocenters. The van der Waals surface area contributed by atoms with Crippen molar-refractivity contribution in [2.75, 3.05) is 43.1 Å². The molecule has 2 aromatic carbocycles. The zero-order valence-corrected chi connectivity index (χ0v) is 19.0. The number of nitrogens with one attached hydrogen (secondary N) is 2. The Balaban J connectivity index is 1.39. The summed E-state index contributed by atoms with van der Waals surface area (Å²) in [5.41, 5.74) is 15.7. The second-order valence-electron chi connectivity index (χ2n) is 8.18. The molecule has 5 rings (SSSR count). The number of carbonyl (C=O) groups excluding carboxylic acids is 1. The number of ketones is 1. The van der Waals surface area contributed by atoms with Crippen molar-refractivity contribution in [2.45, 2.75) is 6.04 Å². The van der Waals surface area contributed by atoms with Crippen LogP contribution in [-0.4, -0.2) is 59.0 Å². The lowest BCUT2D eigenvalue weighted by Gasteiger charge is -2.31. The van der Waals surface area contributed by atoms with E-state index in [-0.39, 0.29) is 5.78 Å². The number of benzene rings is 2. The Labute approximate surface area is 202 Å². The number of hydrogen-bond donors (Lipinski definition) is 4. The molecule has 0 saturated carbocycles. The maximum Gasteiger partial charge on any atom is 0.227 e. The highest BCUT2D eigenvalue weighted by atomic mass is 16.5. The molecule has 178 valence electrons. The molecule has 1 fully saturated rings. The first kappa shape index (κ1) is 22.4.